The molecule has 2 rings (SSSR count). The third-order valence-electron chi connectivity index (χ3n) is 3.09. The average molecular weight is 222 g/mol. The lowest BCUT2D eigenvalue weighted by Gasteiger charge is -2.36. The molecule has 0 bridgehead atoms. The Labute approximate surface area is 95.0 Å². The first kappa shape index (κ1) is 11.1. The monoisotopic (exact) mass is 222 g/mol. The summed E-state index contributed by atoms with van der Waals surface area (Å²) in [5, 5.41) is 7.00. The number of carbonyl (C=O) groups excluding carboxylic acids is 1. The maximum absolute atomic E-state index is 11.7. The Morgan fingerprint density at radius 3 is 2.94 bits per heavy atom. The molecule has 0 unspecified atom stereocenters. The Hall–Kier alpha value is -1.36. The summed E-state index contributed by atoms with van der Waals surface area (Å²) in [6.07, 6.45) is 6.42. The van der Waals surface area contributed by atoms with Gasteiger partial charge in [0.25, 0.3) is 0 Å². The molecule has 0 atom stereocenters. The zero-order chi connectivity index (χ0) is 11.6. The number of nitrogens with two attached hydrogens (primary N) is 1. The number of hydrogen-bond donors (Lipinski definition) is 2. The van der Waals surface area contributed by atoms with E-state index in [-0.39, 0.29) is 5.91 Å². The summed E-state index contributed by atoms with van der Waals surface area (Å²) in [6.45, 7) is 3.26. The van der Waals surface area contributed by atoms with E-state index in [0.717, 1.165) is 24.8 Å². The Morgan fingerprint density at radius 2 is 2.44 bits per heavy atom. The summed E-state index contributed by atoms with van der Waals surface area (Å²) in [7, 11) is 0. The van der Waals surface area contributed by atoms with Gasteiger partial charge < -0.3 is 11.1 Å². The molecule has 0 aromatic carbocycles. The molecule has 3 N–H and O–H groups in total. The largest absolute Gasteiger partial charge is 0.353 e. The van der Waals surface area contributed by atoms with Crippen LogP contribution in [0.15, 0.2) is 12.4 Å². The van der Waals surface area contributed by atoms with E-state index in [0.29, 0.717) is 13.1 Å². The zero-order valence-electron chi connectivity index (χ0n) is 9.57. The molecular formula is C11H18N4O. The van der Waals surface area contributed by atoms with E-state index in [1.807, 2.05) is 17.8 Å². The van der Waals surface area contributed by atoms with Crippen molar-refractivity contribution < 1.29 is 4.79 Å². The van der Waals surface area contributed by atoms with Gasteiger partial charge >= 0.3 is 0 Å². The highest BCUT2D eigenvalue weighted by molar-refractivity contribution is 5.86. The third-order valence-corrected chi connectivity index (χ3v) is 3.09. The van der Waals surface area contributed by atoms with Gasteiger partial charge in [0.2, 0.25) is 5.91 Å². The van der Waals surface area contributed by atoms with E-state index in [1.54, 1.807) is 6.20 Å². The molecule has 1 aliphatic carbocycles. The second kappa shape index (κ2) is 4.25. The van der Waals surface area contributed by atoms with E-state index < -0.39 is 5.54 Å². The predicted octanol–water partition coefficient (Wildman–Crippen LogP) is 0.189. The fourth-order valence-corrected chi connectivity index (χ4v) is 1.83. The molecule has 1 saturated carbocycles. The first-order chi connectivity index (χ1) is 7.60. The lowest BCUT2D eigenvalue weighted by atomic mass is 9.77. The van der Waals surface area contributed by atoms with Crippen molar-refractivity contribution in [2.24, 2.45) is 5.73 Å². The summed E-state index contributed by atoms with van der Waals surface area (Å²) in [4.78, 5) is 11.7. The molecule has 16 heavy (non-hydrogen) atoms. The van der Waals surface area contributed by atoms with Crippen molar-refractivity contribution in [2.45, 2.75) is 38.3 Å². The molecule has 5 heteroatoms. The van der Waals surface area contributed by atoms with Crippen LogP contribution in [0.3, 0.4) is 0 Å². The van der Waals surface area contributed by atoms with Crippen molar-refractivity contribution in [3.05, 3.63) is 18.0 Å². The average Bonchev–Trinajstić information content (AvgIpc) is 2.60. The molecule has 1 aromatic rings. The molecule has 1 amide bonds. The van der Waals surface area contributed by atoms with Gasteiger partial charge in [-0.15, -0.1) is 0 Å². The second-order valence-corrected chi connectivity index (χ2v) is 4.55. The SMILES string of the molecule is Cc1cnn(CCNC(=O)C2(N)CCC2)c1. The fraction of sp³-hybridized carbons (Fsp3) is 0.636. The van der Waals surface area contributed by atoms with E-state index in [1.165, 1.54) is 0 Å². The Kier molecular flexibility index (Phi) is 2.96. The zero-order valence-corrected chi connectivity index (χ0v) is 9.57. The Bertz CT molecular complexity index is 381. The van der Waals surface area contributed by atoms with Gasteiger partial charge in [-0.2, -0.15) is 5.10 Å². The van der Waals surface area contributed by atoms with Crippen LogP contribution in [0.2, 0.25) is 0 Å². The van der Waals surface area contributed by atoms with Crippen LogP contribution in [0.1, 0.15) is 24.8 Å². The van der Waals surface area contributed by atoms with Crippen molar-refractivity contribution in [3.63, 3.8) is 0 Å². The fourth-order valence-electron chi connectivity index (χ4n) is 1.83. The topological polar surface area (TPSA) is 72.9 Å². The van der Waals surface area contributed by atoms with Crippen LogP contribution in [-0.4, -0.2) is 27.8 Å². The minimum Gasteiger partial charge on any atom is -0.353 e. The maximum atomic E-state index is 11.7. The minimum atomic E-state index is -0.597. The minimum absolute atomic E-state index is 0.0253. The third kappa shape index (κ3) is 2.24. The smallest absolute Gasteiger partial charge is 0.240 e. The van der Waals surface area contributed by atoms with E-state index in [2.05, 4.69) is 10.4 Å². The summed E-state index contributed by atoms with van der Waals surface area (Å²) in [6, 6.07) is 0. The van der Waals surface area contributed by atoms with Gasteiger partial charge in [-0.25, -0.2) is 0 Å². The van der Waals surface area contributed by atoms with Gasteiger partial charge in [0.05, 0.1) is 18.3 Å². The number of amides is 1. The van der Waals surface area contributed by atoms with Gasteiger partial charge in [0.15, 0.2) is 0 Å². The lowest BCUT2D eigenvalue weighted by Crippen LogP contribution is -2.58. The van der Waals surface area contributed by atoms with Crippen LogP contribution in [0.25, 0.3) is 0 Å². The van der Waals surface area contributed by atoms with Gasteiger partial charge in [0, 0.05) is 12.7 Å². The number of nitrogens with zero attached hydrogens (tertiary/aromatic N) is 2. The normalized spacial score (nSPS) is 17.9. The molecule has 0 radical (unpaired) electrons. The van der Waals surface area contributed by atoms with Gasteiger partial charge in [-0.05, 0) is 31.7 Å². The van der Waals surface area contributed by atoms with Crippen LogP contribution in [0, 0.1) is 6.92 Å². The number of hydrogen-bond acceptors (Lipinski definition) is 3. The second-order valence-electron chi connectivity index (χ2n) is 4.55. The molecule has 1 fully saturated rings. The molecule has 0 spiro atoms. The van der Waals surface area contributed by atoms with Crippen LogP contribution in [0.4, 0.5) is 0 Å². The Balaban J connectivity index is 1.74. The molecule has 1 aromatic heterocycles. The molecule has 1 aliphatic rings. The maximum Gasteiger partial charge on any atom is 0.240 e. The lowest BCUT2D eigenvalue weighted by molar-refractivity contribution is -0.129. The van der Waals surface area contributed by atoms with Crippen LogP contribution in [0.5, 0.6) is 0 Å². The predicted molar refractivity (Wildman–Crippen MR) is 60.7 cm³/mol. The number of aromatic nitrogens is 2. The van der Waals surface area contributed by atoms with Crippen LogP contribution in [-0.2, 0) is 11.3 Å². The van der Waals surface area contributed by atoms with Gasteiger partial charge in [-0.3, -0.25) is 9.48 Å². The first-order valence-electron chi connectivity index (χ1n) is 5.66. The van der Waals surface area contributed by atoms with E-state index in [4.69, 9.17) is 5.73 Å². The summed E-state index contributed by atoms with van der Waals surface area (Å²) >= 11 is 0. The van der Waals surface area contributed by atoms with Crippen molar-refractivity contribution in [1.29, 1.82) is 0 Å². The highest BCUT2D eigenvalue weighted by Crippen LogP contribution is 2.28. The molecule has 88 valence electrons. The van der Waals surface area contributed by atoms with Gasteiger partial charge in [-0.1, -0.05) is 0 Å². The first-order valence-corrected chi connectivity index (χ1v) is 5.66. The summed E-state index contributed by atoms with van der Waals surface area (Å²) < 4.78 is 1.82. The number of carbonyl (C=O) groups is 1. The quantitative estimate of drug-likeness (QED) is 0.763. The molecule has 0 aliphatic heterocycles. The van der Waals surface area contributed by atoms with Crippen molar-refractivity contribution in [2.75, 3.05) is 6.54 Å². The number of nitrogens with one attached hydrogen (secondary N) is 1. The van der Waals surface area contributed by atoms with Crippen LogP contribution >= 0.6 is 0 Å². The van der Waals surface area contributed by atoms with Crippen LogP contribution < -0.4 is 11.1 Å². The summed E-state index contributed by atoms with van der Waals surface area (Å²) in [5.41, 5.74) is 6.42. The summed E-state index contributed by atoms with van der Waals surface area (Å²) in [5.74, 6) is -0.0253. The number of aryl methyl sites for hydroxylation is 1. The molecule has 1 heterocycles. The highest BCUT2D eigenvalue weighted by atomic mass is 16.2. The molecular weight excluding hydrogens is 204 g/mol. The van der Waals surface area contributed by atoms with Crippen molar-refractivity contribution in [1.82, 2.24) is 15.1 Å². The van der Waals surface area contributed by atoms with E-state index >= 15 is 0 Å². The standard InChI is InChI=1S/C11H18N4O/c1-9-7-14-15(8-9)6-5-13-10(16)11(12)3-2-4-11/h7-8H,2-6,12H2,1H3,(H,13,16). The Morgan fingerprint density at radius 1 is 1.69 bits per heavy atom. The highest BCUT2D eigenvalue weighted by Gasteiger charge is 2.39. The number of rotatable bonds is 4. The van der Waals surface area contributed by atoms with Crippen molar-refractivity contribution >= 4 is 5.91 Å². The molecule has 5 nitrogen and oxygen atoms in total. The molecule has 0 saturated heterocycles. The van der Waals surface area contributed by atoms with Crippen molar-refractivity contribution in [3.8, 4) is 0 Å². The van der Waals surface area contributed by atoms with E-state index in [9.17, 15) is 4.79 Å². The van der Waals surface area contributed by atoms with Gasteiger partial charge in [0.1, 0.15) is 0 Å².